The minimum atomic E-state index is -1.20. The van der Waals surface area contributed by atoms with E-state index < -0.39 is 9.28 Å². The highest BCUT2D eigenvalue weighted by molar-refractivity contribution is 6.42. The highest BCUT2D eigenvalue weighted by Crippen LogP contribution is 1.85. The Balaban J connectivity index is 0.000000249. The molecule has 0 saturated carbocycles. The Bertz CT molecular complexity index is 95.5. The van der Waals surface area contributed by atoms with Gasteiger partial charge in [-0.05, 0) is 20.4 Å². The summed E-state index contributed by atoms with van der Waals surface area (Å²) in [4.78, 5) is 0. The van der Waals surface area contributed by atoms with Gasteiger partial charge in [0.25, 0.3) is 0 Å². The van der Waals surface area contributed by atoms with E-state index in [-0.39, 0.29) is 0 Å². The molecule has 1 aliphatic rings. The van der Waals surface area contributed by atoms with Gasteiger partial charge in [-0.3, -0.25) is 0 Å². The van der Waals surface area contributed by atoms with Crippen molar-refractivity contribution in [3.8, 4) is 0 Å². The first-order valence-electron chi connectivity index (χ1n) is 5.45. The highest BCUT2D eigenvalue weighted by Gasteiger charge is 1.99. The highest BCUT2D eigenvalue weighted by atomic mass is 28.3. The lowest BCUT2D eigenvalue weighted by Crippen LogP contribution is -2.39. The smallest absolute Gasteiger partial charge is 0.318 e. The van der Waals surface area contributed by atoms with Crippen LogP contribution in [0.2, 0.25) is 6.55 Å². The average Bonchev–Trinajstić information content (AvgIpc) is 2.22. The Morgan fingerprint density at radius 3 is 1.50 bits per heavy atom. The lowest BCUT2D eigenvalue weighted by atomic mass is 10.4. The van der Waals surface area contributed by atoms with Crippen LogP contribution in [-0.4, -0.2) is 48.7 Å². The van der Waals surface area contributed by atoms with Crippen LogP contribution in [0.4, 0.5) is 0 Å². The van der Waals surface area contributed by atoms with Crippen molar-refractivity contribution in [2.75, 3.05) is 39.4 Å². The Kier molecular flexibility index (Phi) is 11.2. The molecule has 4 nitrogen and oxygen atoms in total. The predicted molar refractivity (Wildman–Crippen MR) is 62.0 cm³/mol. The molecular weight excluding hydrogens is 196 g/mol. The van der Waals surface area contributed by atoms with E-state index in [0.717, 1.165) is 39.4 Å². The summed E-state index contributed by atoms with van der Waals surface area (Å²) in [5.41, 5.74) is 0. The van der Waals surface area contributed by atoms with Crippen LogP contribution in [-0.2, 0) is 8.85 Å². The molecule has 0 aromatic carbocycles. The minimum Gasteiger partial charge on any atom is -0.397 e. The summed E-state index contributed by atoms with van der Waals surface area (Å²) in [6, 6.07) is 0. The van der Waals surface area contributed by atoms with Crippen LogP contribution in [0.1, 0.15) is 13.8 Å². The zero-order chi connectivity index (χ0) is 10.6. The zero-order valence-electron chi connectivity index (χ0n) is 9.64. The largest absolute Gasteiger partial charge is 0.397 e. The summed E-state index contributed by atoms with van der Waals surface area (Å²) in [7, 11) is -1.20. The van der Waals surface area contributed by atoms with E-state index >= 15 is 0 Å². The third-order valence-corrected chi connectivity index (χ3v) is 3.37. The maximum absolute atomic E-state index is 5.20. The van der Waals surface area contributed by atoms with Crippen LogP contribution in [0, 0.1) is 0 Å². The lowest BCUT2D eigenvalue weighted by molar-refractivity contribution is 0.219. The number of hydrogen-bond acceptors (Lipinski definition) is 4. The molecule has 1 aliphatic heterocycles. The van der Waals surface area contributed by atoms with Gasteiger partial charge in [0.1, 0.15) is 0 Å². The van der Waals surface area contributed by atoms with E-state index in [2.05, 4.69) is 10.6 Å². The van der Waals surface area contributed by atoms with Crippen LogP contribution in [0.5, 0.6) is 0 Å². The lowest BCUT2D eigenvalue weighted by Gasteiger charge is -2.11. The maximum atomic E-state index is 5.20. The van der Waals surface area contributed by atoms with Crippen molar-refractivity contribution < 1.29 is 8.85 Å². The Morgan fingerprint density at radius 2 is 1.29 bits per heavy atom. The van der Waals surface area contributed by atoms with Gasteiger partial charge in [0.2, 0.25) is 0 Å². The summed E-state index contributed by atoms with van der Waals surface area (Å²) in [6.07, 6.45) is 0. The standard InChI is InChI=1S/C5H14O2Si.C4H10N2/c1-4-6-8(3)7-5-2;1-2-6-4-3-5-1/h8H,4-5H2,1-3H3;5-6H,1-4H2. The molecule has 0 amide bonds. The van der Waals surface area contributed by atoms with Crippen molar-refractivity contribution in [3.63, 3.8) is 0 Å². The van der Waals surface area contributed by atoms with E-state index in [1.165, 1.54) is 0 Å². The molecule has 1 heterocycles. The summed E-state index contributed by atoms with van der Waals surface area (Å²) in [5, 5.41) is 6.44. The zero-order valence-corrected chi connectivity index (χ0v) is 10.8. The molecule has 0 atom stereocenters. The fraction of sp³-hybridized carbons (Fsp3) is 1.00. The number of rotatable bonds is 4. The Hall–Kier alpha value is 0.0569. The molecule has 1 saturated heterocycles. The first-order valence-corrected chi connectivity index (χ1v) is 7.55. The molecule has 0 radical (unpaired) electrons. The molecule has 5 heteroatoms. The van der Waals surface area contributed by atoms with Gasteiger partial charge in [0.15, 0.2) is 0 Å². The molecule has 1 fully saturated rings. The maximum Gasteiger partial charge on any atom is 0.318 e. The van der Waals surface area contributed by atoms with E-state index in [4.69, 9.17) is 8.85 Å². The average molecular weight is 220 g/mol. The van der Waals surface area contributed by atoms with Crippen LogP contribution < -0.4 is 10.6 Å². The van der Waals surface area contributed by atoms with E-state index in [0.29, 0.717) is 0 Å². The molecule has 0 aromatic heterocycles. The van der Waals surface area contributed by atoms with Gasteiger partial charge in [-0.25, -0.2) is 0 Å². The monoisotopic (exact) mass is 220 g/mol. The number of piperazine rings is 1. The Morgan fingerprint density at radius 1 is 0.929 bits per heavy atom. The third kappa shape index (κ3) is 10.1. The molecule has 0 aromatic rings. The second-order valence-electron chi connectivity index (χ2n) is 2.98. The molecule has 1 rings (SSSR count). The van der Waals surface area contributed by atoms with Gasteiger partial charge in [0.05, 0.1) is 0 Å². The van der Waals surface area contributed by atoms with E-state index in [1.54, 1.807) is 0 Å². The van der Waals surface area contributed by atoms with Crippen molar-refractivity contribution in [1.82, 2.24) is 10.6 Å². The van der Waals surface area contributed by atoms with Crippen LogP contribution in [0.25, 0.3) is 0 Å². The van der Waals surface area contributed by atoms with E-state index in [9.17, 15) is 0 Å². The summed E-state index contributed by atoms with van der Waals surface area (Å²) < 4.78 is 10.4. The van der Waals surface area contributed by atoms with Gasteiger partial charge in [-0.1, -0.05) is 0 Å². The SMILES string of the molecule is C1CNCCN1.CCO[SiH](C)OCC. The first-order chi connectivity index (χ1) is 6.81. The summed E-state index contributed by atoms with van der Waals surface area (Å²) in [6.45, 7) is 12.1. The van der Waals surface area contributed by atoms with Crippen molar-refractivity contribution in [2.24, 2.45) is 0 Å². The summed E-state index contributed by atoms with van der Waals surface area (Å²) >= 11 is 0. The molecule has 0 bridgehead atoms. The molecule has 0 aliphatic carbocycles. The van der Waals surface area contributed by atoms with Gasteiger partial charge < -0.3 is 19.5 Å². The van der Waals surface area contributed by atoms with Crippen LogP contribution in [0.15, 0.2) is 0 Å². The first kappa shape index (κ1) is 14.1. The molecule has 14 heavy (non-hydrogen) atoms. The predicted octanol–water partition coefficient (Wildman–Crippen LogP) is 0.0889. The van der Waals surface area contributed by atoms with Gasteiger partial charge in [-0.2, -0.15) is 0 Å². The quantitative estimate of drug-likeness (QED) is 0.659. The van der Waals surface area contributed by atoms with Gasteiger partial charge >= 0.3 is 9.28 Å². The normalized spacial score (nSPS) is 16.3. The van der Waals surface area contributed by atoms with Crippen molar-refractivity contribution >= 4 is 9.28 Å². The fourth-order valence-corrected chi connectivity index (χ4v) is 2.16. The molecule has 2 N–H and O–H groups in total. The minimum absolute atomic E-state index is 0.785. The topological polar surface area (TPSA) is 42.5 Å². The second-order valence-corrected chi connectivity index (χ2v) is 4.78. The number of hydrogen-bond donors (Lipinski definition) is 2. The van der Waals surface area contributed by atoms with Crippen molar-refractivity contribution in [1.29, 1.82) is 0 Å². The van der Waals surface area contributed by atoms with Crippen LogP contribution >= 0.6 is 0 Å². The van der Waals surface area contributed by atoms with Crippen molar-refractivity contribution in [2.45, 2.75) is 20.4 Å². The van der Waals surface area contributed by atoms with Gasteiger partial charge in [0, 0.05) is 39.4 Å². The number of nitrogens with one attached hydrogen (secondary N) is 2. The Labute approximate surface area is 89.2 Å². The van der Waals surface area contributed by atoms with E-state index in [1.807, 2.05) is 20.4 Å². The van der Waals surface area contributed by atoms with Crippen LogP contribution in [0.3, 0.4) is 0 Å². The van der Waals surface area contributed by atoms with Gasteiger partial charge in [-0.15, -0.1) is 0 Å². The third-order valence-electron chi connectivity index (χ3n) is 1.76. The molecule has 0 spiro atoms. The van der Waals surface area contributed by atoms with Crippen molar-refractivity contribution in [3.05, 3.63) is 0 Å². The molecular formula is C9H24N2O2Si. The second kappa shape index (κ2) is 11.1. The molecule has 0 unspecified atom stereocenters. The molecule has 86 valence electrons. The fourth-order valence-electron chi connectivity index (χ4n) is 1.12. The summed E-state index contributed by atoms with van der Waals surface area (Å²) in [5.74, 6) is 0.